The minimum Gasteiger partial charge on any atom is -0.496 e. The van der Waals surface area contributed by atoms with Gasteiger partial charge >= 0.3 is 5.97 Å². The van der Waals surface area contributed by atoms with Crippen LogP contribution >= 0.6 is 0 Å². The number of rotatable bonds is 4. The van der Waals surface area contributed by atoms with E-state index in [0.29, 0.717) is 6.54 Å². The molecule has 2 rings (SSSR count). The fraction of sp³-hybridized carbons (Fsp3) is 0.500. The van der Waals surface area contributed by atoms with Gasteiger partial charge in [-0.15, -0.1) is 0 Å². The van der Waals surface area contributed by atoms with E-state index in [2.05, 4.69) is 12.1 Å². The lowest BCUT2D eigenvalue weighted by Crippen LogP contribution is -2.51. The molecule has 0 radical (unpaired) electrons. The Kier molecular flexibility index (Phi) is 3.57. The van der Waals surface area contributed by atoms with E-state index in [1.165, 1.54) is 5.56 Å². The fourth-order valence-electron chi connectivity index (χ4n) is 2.58. The van der Waals surface area contributed by atoms with E-state index in [1.807, 2.05) is 18.7 Å². The maximum atomic E-state index is 11.0. The lowest BCUT2D eigenvalue weighted by atomic mass is 9.99. The molecule has 1 atom stereocenters. The molecule has 0 spiro atoms. The molecule has 1 unspecified atom stereocenters. The first-order chi connectivity index (χ1) is 8.52. The summed E-state index contributed by atoms with van der Waals surface area (Å²) in [5.74, 6) is 0.140. The van der Waals surface area contributed by atoms with Crippen LogP contribution in [0.15, 0.2) is 12.1 Å². The molecule has 0 saturated carbocycles. The summed E-state index contributed by atoms with van der Waals surface area (Å²) < 4.78 is 5.42. The number of ether oxygens (including phenoxy) is 1. The van der Waals surface area contributed by atoms with E-state index >= 15 is 0 Å². The highest BCUT2D eigenvalue weighted by atomic mass is 16.5. The smallest absolute Gasteiger partial charge is 0.320 e. The largest absolute Gasteiger partial charge is 0.496 e. The Hall–Kier alpha value is -1.55. The minimum atomic E-state index is -0.732. The predicted molar refractivity (Wildman–Crippen MR) is 68.9 cm³/mol. The third-order valence-electron chi connectivity index (χ3n) is 3.49. The van der Waals surface area contributed by atoms with Crippen LogP contribution in [0.4, 0.5) is 0 Å². The molecule has 1 aromatic rings. The summed E-state index contributed by atoms with van der Waals surface area (Å²) in [6.45, 7) is 5.54. The molecule has 98 valence electrons. The third-order valence-corrected chi connectivity index (χ3v) is 3.49. The quantitative estimate of drug-likeness (QED) is 0.886. The first-order valence-corrected chi connectivity index (χ1v) is 6.14. The van der Waals surface area contributed by atoms with Crippen molar-refractivity contribution in [3.63, 3.8) is 0 Å². The number of methoxy groups -OCH3 is 1. The number of hydrogen-bond donors (Lipinski definition) is 1. The van der Waals surface area contributed by atoms with Gasteiger partial charge in [0.25, 0.3) is 0 Å². The van der Waals surface area contributed by atoms with Crippen molar-refractivity contribution in [2.24, 2.45) is 0 Å². The van der Waals surface area contributed by atoms with E-state index in [4.69, 9.17) is 9.84 Å². The molecule has 0 amide bonds. The Labute approximate surface area is 107 Å². The molecule has 4 nitrogen and oxygen atoms in total. The Balaban J connectivity index is 2.21. The van der Waals surface area contributed by atoms with Crippen molar-refractivity contribution in [2.75, 3.05) is 13.7 Å². The number of carboxylic acids is 1. The SMILES string of the molecule is COc1c(C)cc(C)cc1CN1CCC1C(=O)O. The van der Waals surface area contributed by atoms with Gasteiger partial charge in [-0.25, -0.2) is 0 Å². The summed E-state index contributed by atoms with van der Waals surface area (Å²) in [4.78, 5) is 13.0. The molecular weight excluding hydrogens is 230 g/mol. The number of aryl methyl sites for hydroxylation is 2. The zero-order chi connectivity index (χ0) is 13.3. The van der Waals surface area contributed by atoms with Gasteiger partial charge in [-0.2, -0.15) is 0 Å². The van der Waals surface area contributed by atoms with Gasteiger partial charge in [0, 0.05) is 18.7 Å². The van der Waals surface area contributed by atoms with E-state index in [9.17, 15) is 4.79 Å². The van der Waals surface area contributed by atoms with Gasteiger partial charge in [-0.05, 0) is 25.8 Å². The molecule has 0 aromatic heterocycles. The number of likely N-dealkylation sites (tertiary alicyclic amines) is 1. The molecule has 0 bridgehead atoms. The number of carbonyl (C=O) groups is 1. The van der Waals surface area contributed by atoms with Crippen LogP contribution in [0.2, 0.25) is 0 Å². The maximum absolute atomic E-state index is 11.0. The second-order valence-corrected chi connectivity index (χ2v) is 4.89. The van der Waals surface area contributed by atoms with Crippen molar-refractivity contribution < 1.29 is 14.6 Å². The van der Waals surface area contributed by atoms with Crippen LogP contribution in [0.1, 0.15) is 23.1 Å². The zero-order valence-corrected chi connectivity index (χ0v) is 11.1. The number of hydrogen-bond acceptors (Lipinski definition) is 3. The van der Waals surface area contributed by atoms with Crippen LogP contribution in [-0.2, 0) is 11.3 Å². The highest BCUT2D eigenvalue weighted by molar-refractivity contribution is 5.74. The molecular formula is C14H19NO3. The Morgan fingerprint density at radius 3 is 2.72 bits per heavy atom. The standard InChI is InChI=1S/C14H19NO3/c1-9-6-10(2)13(18-3)11(7-9)8-15-5-4-12(15)14(16)17/h6-7,12H,4-5,8H2,1-3H3,(H,16,17). The van der Waals surface area contributed by atoms with Crippen LogP contribution in [0.25, 0.3) is 0 Å². The molecule has 18 heavy (non-hydrogen) atoms. The molecule has 1 aliphatic heterocycles. The lowest BCUT2D eigenvalue weighted by Gasteiger charge is -2.38. The highest BCUT2D eigenvalue weighted by Gasteiger charge is 2.34. The molecule has 1 saturated heterocycles. The Morgan fingerprint density at radius 2 is 2.22 bits per heavy atom. The predicted octanol–water partition coefficient (Wildman–Crippen LogP) is 1.97. The monoisotopic (exact) mass is 249 g/mol. The van der Waals surface area contributed by atoms with E-state index in [1.54, 1.807) is 7.11 Å². The molecule has 1 aromatic carbocycles. The van der Waals surface area contributed by atoms with Crippen LogP contribution < -0.4 is 4.74 Å². The van der Waals surface area contributed by atoms with Crippen molar-refractivity contribution in [2.45, 2.75) is 32.9 Å². The summed E-state index contributed by atoms with van der Waals surface area (Å²) in [5, 5.41) is 9.04. The van der Waals surface area contributed by atoms with E-state index in [-0.39, 0.29) is 6.04 Å². The molecule has 1 heterocycles. The topological polar surface area (TPSA) is 49.8 Å². The summed E-state index contributed by atoms with van der Waals surface area (Å²) in [7, 11) is 1.66. The minimum absolute atomic E-state index is 0.337. The van der Waals surface area contributed by atoms with Gasteiger partial charge in [-0.3, -0.25) is 9.69 Å². The van der Waals surface area contributed by atoms with Crippen molar-refractivity contribution in [3.8, 4) is 5.75 Å². The normalized spacial score (nSPS) is 19.4. The number of benzene rings is 1. The number of aliphatic carboxylic acids is 1. The first kappa shape index (κ1) is 12.9. The molecule has 0 aliphatic carbocycles. The average Bonchev–Trinajstić information content (AvgIpc) is 2.22. The number of carboxylic acid groups (broad SMARTS) is 1. The number of nitrogens with zero attached hydrogens (tertiary/aromatic N) is 1. The summed E-state index contributed by atoms with van der Waals surface area (Å²) in [6, 6.07) is 3.81. The van der Waals surface area contributed by atoms with Crippen molar-refractivity contribution in [1.82, 2.24) is 4.90 Å². The van der Waals surface area contributed by atoms with Gasteiger partial charge < -0.3 is 9.84 Å². The molecule has 4 heteroatoms. The second-order valence-electron chi connectivity index (χ2n) is 4.89. The van der Waals surface area contributed by atoms with Gasteiger partial charge in [0.15, 0.2) is 0 Å². The van der Waals surface area contributed by atoms with Crippen molar-refractivity contribution in [1.29, 1.82) is 0 Å². The van der Waals surface area contributed by atoms with Crippen LogP contribution in [-0.4, -0.2) is 35.7 Å². The van der Waals surface area contributed by atoms with Gasteiger partial charge in [0.1, 0.15) is 11.8 Å². The van der Waals surface area contributed by atoms with Crippen molar-refractivity contribution >= 4 is 5.97 Å². The third kappa shape index (κ3) is 2.34. The van der Waals surface area contributed by atoms with Crippen LogP contribution in [0.3, 0.4) is 0 Å². The van der Waals surface area contributed by atoms with Gasteiger partial charge in [-0.1, -0.05) is 17.7 Å². The summed E-state index contributed by atoms with van der Waals surface area (Å²) >= 11 is 0. The molecule has 1 N–H and O–H groups in total. The average molecular weight is 249 g/mol. The highest BCUT2D eigenvalue weighted by Crippen LogP contribution is 2.29. The Bertz CT molecular complexity index is 470. The zero-order valence-electron chi connectivity index (χ0n) is 11.1. The maximum Gasteiger partial charge on any atom is 0.320 e. The van der Waals surface area contributed by atoms with Gasteiger partial charge in [0.05, 0.1) is 7.11 Å². The second kappa shape index (κ2) is 4.98. The first-order valence-electron chi connectivity index (χ1n) is 6.14. The van der Waals surface area contributed by atoms with Crippen LogP contribution in [0.5, 0.6) is 5.75 Å². The van der Waals surface area contributed by atoms with Gasteiger partial charge in [0.2, 0.25) is 0 Å². The van der Waals surface area contributed by atoms with E-state index in [0.717, 1.165) is 29.8 Å². The fourth-order valence-corrected chi connectivity index (χ4v) is 2.58. The van der Waals surface area contributed by atoms with E-state index < -0.39 is 5.97 Å². The Morgan fingerprint density at radius 1 is 1.50 bits per heavy atom. The lowest BCUT2D eigenvalue weighted by molar-refractivity contribution is -0.148. The molecule has 1 fully saturated rings. The van der Waals surface area contributed by atoms with Crippen molar-refractivity contribution in [3.05, 3.63) is 28.8 Å². The van der Waals surface area contributed by atoms with Crippen LogP contribution in [0, 0.1) is 13.8 Å². The summed E-state index contributed by atoms with van der Waals surface area (Å²) in [5.41, 5.74) is 3.34. The molecule has 1 aliphatic rings. The summed E-state index contributed by atoms with van der Waals surface area (Å²) in [6.07, 6.45) is 0.739.